The summed E-state index contributed by atoms with van der Waals surface area (Å²) < 4.78 is 0. The molecule has 0 atom stereocenters. The van der Waals surface area contributed by atoms with Crippen LogP contribution in [0.5, 0.6) is 0 Å². The van der Waals surface area contributed by atoms with Gasteiger partial charge in [-0.2, -0.15) is 0 Å². The Balaban J connectivity index is 2.09. The van der Waals surface area contributed by atoms with E-state index >= 15 is 0 Å². The summed E-state index contributed by atoms with van der Waals surface area (Å²) >= 11 is 0. The summed E-state index contributed by atoms with van der Waals surface area (Å²) in [5, 5.41) is 5.78. The largest absolute Gasteiger partial charge is 0.349 e. The smallest absolute Gasteiger partial charge is 0.220 e. The second-order valence-corrected chi connectivity index (χ2v) is 3.02. The van der Waals surface area contributed by atoms with Gasteiger partial charge < -0.3 is 15.6 Å². The lowest BCUT2D eigenvalue weighted by molar-refractivity contribution is -0.121. The van der Waals surface area contributed by atoms with Gasteiger partial charge in [-0.1, -0.05) is 0 Å². The zero-order valence-electron chi connectivity index (χ0n) is 8.34. The van der Waals surface area contributed by atoms with Crippen molar-refractivity contribution in [1.82, 2.24) is 20.6 Å². The molecular weight excluding hydrogens is 180 g/mol. The van der Waals surface area contributed by atoms with E-state index in [2.05, 4.69) is 20.6 Å². The molecule has 0 spiro atoms. The maximum Gasteiger partial charge on any atom is 0.220 e. The number of nitrogens with one attached hydrogen (secondary N) is 3. The SMILES string of the molecule is CNCCCC(=O)NCc1ncc[nH]1. The number of H-pyrrole nitrogens is 1. The topological polar surface area (TPSA) is 69.8 Å². The van der Waals surface area contributed by atoms with Gasteiger partial charge in [0.25, 0.3) is 0 Å². The van der Waals surface area contributed by atoms with Gasteiger partial charge in [-0.15, -0.1) is 0 Å². The standard InChI is InChI=1S/C9H16N4O/c1-10-4-2-3-9(14)13-7-8-11-5-6-12-8/h5-6,10H,2-4,7H2,1H3,(H,11,12)(H,13,14). The molecule has 0 aliphatic heterocycles. The molecule has 1 heterocycles. The Hall–Kier alpha value is -1.36. The highest BCUT2D eigenvalue weighted by molar-refractivity contribution is 5.75. The third-order valence-corrected chi connectivity index (χ3v) is 1.84. The van der Waals surface area contributed by atoms with Crippen molar-refractivity contribution < 1.29 is 4.79 Å². The van der Waals surface area contributed by atoms with E-state index in [9.17, 15) is 4.79 Å². The molecule has 1 rings (SSSR count). The first kappa shape index (κ1) is 10.7. The Labute approximate surface area is 83.3 Å². The van der Waals surface area contributed by atoms with Crippen LogP contribution in [0.25, 0.3) is 0 Å². The van der Waals surface area contributed by atoms with Crippen LogP contribution in [0.2, 0.25) is 0 Å². The Morgan fingerprint density at radius 1 is 1.64 bits per heavy atom. The van der Waals surface area contributed by atoms with E-state index in [-0.39, 0.29) is 5.91 Å². The Morgan fingerprint density at radius 2 is 2.50 bits per heavy atom. The molecule has 1 aromatic rings. The Kier molecular flexibility index (Phi) is 4.71. The molecule has 0 bridgehead atoms. The molecule has 1 amide bonds. The minimum absolute atomic E-state index is 0.0663. The molecule has 0 radical (unpaired) electrons. The minimum Gasteiger partial charge on any atom is -0.349 e. The van der Waals surface area contributed by atoms with Crippen LogP contribution in [0.1, 0.15) is 18.7 Å². The van der Waals surface area contributed by atoms with Crippen molar-refractivity contribution >= 4 is 5.91 Å². The van der Waals surface area contributed by atoms with Crippen LogP contribution >= 0.6 is 0 Å². The third-order valence-electron chi connectivity index (χ3n) is 1.84. The predicted molar refractivity (Wildman–Crippen MR) is 53.6 cm³/mol. The summed E-state index contributed by atoms with van der Waals surface area (Å²) in [4.78, 5) is 18.2. The molecule has 0 fully saturated rings. The van der Waals surface area contributed by atoms with Crippen LogP contribution in [0.15, 0.2) is 12.4 Å². The quantitative estimate of drug-likeness (QED) is 0.562. The molecule has 0 saturated carbocycles. The van der Waals surface area contributed by atoms with E-state index in [1.807, 2.05) is 7.05 Å². The lowest BCUT2D eigenvalue weighted by Crippen LogP contribution is -2.24. The van der Waals surface area contributed by atoms with E-state index < -0.39 is 0 Å². The molecule has 14 heavy (non-hydrogen) atoms. The third kappa shape index (κ3) is 4.04. The van der Waals surface area contributed by atoms with E-state index in [4.69, 9.17) is 0 Å². The highest BCUT2D eigenvalue weighted by atomic mass is 16.1. The van der Waals surface area contributed by atoms with Crippen LogP contribution in [-0.2, 0) is 11.3 Å². The summed E-state index contributed by atoms with van der Waals surface area (Å²) in [5.41, 5.74) is 0. The zero-order chi connectivity index (χ0) is 10.2. The highest BCUT2D eigenvalue weighted by Crippen LogP contribution is 1.90. The van der Waals surface area contributed by atoms with Crippen molar-refractivity contribution in [1.29, 1.82) is 0 Å². The molecule has 3 N–H and O–H groups in total. The van der Waals surface area contributed by atoms with Gasteiger partial charge >= 0.3 is 0 Å². The van der Waals surface area contributed by atoms with E-state index in [0.29, 0.717) is 13.0 Å². The number of imidazole rings is 1. The fourth-order valence-electron chi connectivity index (χ4n) is 1.09. The first-order valence-electron chi connectivity index (χ1n) is 4.72. The zero-order valence-corrected chi connectivity index (χ0v) is 8.34. The maximum absolute atomic E-state index is 11.2. The fourth-order valence-corrected chi connectivity index (χ4v) is 1.09. The van der Waals surface area contributed by atoms with Crippen LogP contribution < -0.4 is 10.6 Å². The minimum atomic E-state index is 0.0663. The van der Waals surface area contributed by atoms with Gasteiger partial charge in [0, 0.05) is 18.8 Å². The van der Waals surface area contributed by atoms with E-state index in [1.165, 1.54) is 0 Å². The van der Waals surface area contributed by atoms with Crippen molar-refractivity contribution in [3.8, 4) is 0 Å². The predicted octanol–water partition coefficient (Wildman–Crippen LogP) is 0.0255. The number of nitrogens with zero attached hydrogens (tertiary/aromatic N) is 1. The average Bonchev–Trinajstić information content (AvgIpc) is 2.68. The second-order valence-electron chi connectivity index (χ2n) is 3.02. The summed E-state index contributed by atoms with van der Waals surface area (Å²) in [5.74, 6) is 0.851. The number of carbonyl (C=O) groups excluding carboxylic acids is 1. The van der Waals surface area contributed by atoms with E-state index in [1.54, 1.807) is 12.4 Å². The number of aromatic amines is 1. The van der Waals surface area contributed by atoms with E-state index in [0.717, 1.165) is 18.8 Å². The lowest BCUT2D eigenvalue weighted by atomic mass is 10.3. The normalized spacial score (nSPS) is 10.1. The Bertz CT molecular complexity index is 258. The van der Waals surface area contributed by atoms with Crippen LogP contribution in [0, 0.1) is 0 Å². The number of hydrogen-bond donors (Lipinski definition) is 3. The number of amides is 1. The highest BCUT2D eigenvalue weighted by Gasteiger charge is 2.00. The van der Waals surface area contributed by atoms with Gasteiger partial charge in [-0.3, -0.25) is 4.79 Å². The fraction of sp³-hybridized carbons (Fsp3) is 0.556. The molecule has 5 heteroatoms. The van der Waals surface area contributed by atoms with Gasteiger partial charge in [0.15, 0.2) is 0 Å². The van der Waals surface area contributed by atoms with Crippen LogP contribution in [-0.4, -0.2) is 29.5 Å². The molecule has 0 saturated heterocycles. The first-order chi connectivity index (χ1) is 6.83. The molecular formula is C9H16N4O. The van der Waals surface area contributed by atoms with Crippen molar-refractivity contribution in [3.63, 3.8) is 0 Å². The lowest BCUT2D eigenvalue weighted by Gasteiger charge is -2.02. The number of hydrogen-bond acceptors (Lipinski definition) is 3. The number of rotatable bonds is 6. The molecule has 0 unspecified atom stereocenters. The summed E-state index contributed by atoms with van der Waals surface area (Å²) in [6, 6.07) is 0. The van der Waals surface area contributed by atoms with Crippen LogP contribution in [0.4, 0.5) is 0 Å². The molecule has 5 nitrogen and oxygen atoms in total. The molecule has 0 aromatic carbocycles. The van der Waals surface area contributed by atoms with Gasteiger partial charge in [-0.05, 0) is 20.0 Å². The summed E-state index contributed by atoms with van der Waals surface area (Å²) in [6.45, 7) is 1.35. The van der Waals surface area contributed by atoms with Gasteiger partial charge in [0.05, 0.1) is 6.54 Å². The van der Waals surface area contributed by atoms with Crippen molar-refractivity contribution in [2.75, 3.05) is 13.6 Å². The maximum atomic E-state index is 11.2. The number of aromatic nitrogens is 2. The Morgan fingerprint density at radius 3 is 3.14 bits per heavy atom. The first-order valence-corrected chi connectivity index (χ1v) is 4.72. The van der Waals surface area contributed by atoms with Gasteiger partial charge in [0.2, 0.25) is 5.91 Å². The molecule has 0 aliphatic carbocycles. The molecule has 0 aliphatic rings. The van der Waals surface area contributed by atoms with Crippen molar-refractivity contribution in [3.05, 3.63) is 18.2 Å². The van der Waals surface area contributed by atoms with Gasteiger partial charge in [0.1, 0.15) is 5.82 Å². The summed E-state index contributed by atoms with van der Waals surface area (Å²) in [6.07, 6.45) is 4.83. The monoisotopic (exact) mass is 196 g/mol. The second kappa shape index (κ2) is 6.15. The van der Waals surface area contributed by atoms with Crippen LogP contribution in [0.3, 0.4) is 0 Å². The summed E-state index contributed by atoms with van der Waals surface area (Å²) in [7, 11) is 1.88. The van der Waals surface area contributed by atoms with Crippen molar-refractivity contribution in [2.24, 2.45) is 0 Å². The van der Waals surface area contributed by atoms with Gasteiger partial charge in [-0.25, -0.2) is 4.98 Å². The number of carbonyl (C=O) groups is 1. The van der Waals surface area contributed by atoms with Crippen molar-refractivity contribution in [2.45, 2.75) is 19.4 Å². The average molecular weight is 196 g/mol. The molecule has 78 valence electrons. The molecule has 1 aromatic heterocycles.